The van der Waals surface area contributed by atoms with Gasteiger partial charge in [-0.25, -0.2) is 9.37 Å². The molecule has 0 radical (unpaired) electrons. The van der Waals surface area contributed by atoms with E-state index >= 15 is 4.39 Å². The van der Waals surface area contributed by atoms with Crippen LogP contribution in [0.4, 0.5) is 15.9 Å². The lowest BCUT2D eigenvalue weighted by Gasteiger charge is -2.37. The Labute approximate surface area is 229 Å². The number of pyridine rings is 1. The highest BCUT2D eigenvalue weighted by Gasteiger charge is 2.38. The Morgan fingerprint density at radius 1 is 0.974 bits per heavy atom. The van der Waals surface area contributed by atoms with Crippen LogP contribution in [0.25, 0.3) is 0 Å². The minimum atomic E-state index is -1.50. The number of aromatic nitrogens is 1. The molecule has 1 aromatic heterocycles. The highest BCUT2D eigenvalue weighted by molar-refractivity contribution is 6.05. The number of piperidine rings is 1. The summed E-state index contributed by atoms with van der Waals surface area (Å²) in [6.45, 7) is 10.7. The summed E-state index contributed by atoms with van der Waals surface area (Å²) in [6, 6.07) is 14.8. The second-order valence-electron chi connectivity index (χ2n) is 10.8. The van der Waals surface area contributed by atoms with Crippen molar-refractivity contribution in [2.75, 3.05) is 31.1 Å². The average molecular weight is 524 g/mol. The number of aryl methyl sites for hydroxylation is 3. The van der Waals surface area contributed by atoms with E-state index < -0.39 is 5.67 Å². The van der Waals surface area contributed by atoms with Gasteiger partial charge in [0.05, 0.1) is 17.3 Å². The first kappa shape index (κ1) is 26.6. The van der Waals surface area contributed by atoms with Gasteiger partial charge in [0.15, 0.2) is 0 Å². The van der Waals surface area contributed by atoms with Crippen LogP contribution in [0, 0.1) is 32.1 Å². The molecule has 39 heavy (non-hydrogen) atoms. The van der Waals surface area contributed by atoms with Crippen LogP contribution >= 0.6 is 0 Å². The van der Waals surface area contributed by atoms with E-state index in [1.807, 2.05) is 52.1 Å². The largest absolute Gasteiger partial charge is 0.356 e. The fraction of sp³-hybridized carbons (Fsp3) is 0.375. The van der Waals surface area contributed by atoms with E-state index in [0.717, 1.165) is 52.6 Å². The van der Waals surface area contributed by atoms with E-state index in [1.165, 1.54) is 6.42 Å². The maximum Gasteiger partial charge on any atom is 0.254 e. The maximum atomic E-state index is 15.8. The van der Waals surface area contributed by atoms with Gasteiger partial charge in [-0.2, -0.15) is 5.26 Å². The van der Waals surface area contributed by atoms with Crippen LogP contribution in [0.5, 0.6) is 0 Å². The molecule has 2 aromatic carbocycles. The third kappa shape index (κ3) is 5.29. The Balaban J connectivity index is 1.36. The second kappa shape index (κ2) is 10.6. The van der Waals surface area contributed by atoms with Crippen molar-refractivity contribution in [1.29, 1.82) is 5.26 Å². The lowest BCUT2D eigenvalue weighted by Crippen LogP contribution is -2.43. The number of halogens is 1. The summed E-state index contributed by atoms with van der Waals surface area (Å²) in [5, 5.41) is 9.03. The molecule has 2 saturated heterocycles. The van der Waals surface area contributed by atoms with Crippen LogP contribution in [0.15, 0.2) is 53.7 Å². The summed E-state index contributed by atoms with van der Waals surface area (Å²) in [6.07, 6.45) is 3.51. The molecule has 2 aliphatic rings. The number of carbonyl (C=O) groups is 1. The fourth-order valence-corrected chi connectivity index (χ4v) is 5.42. The van der Waals surface area contributed by atoms with Gasteiger partial charge in [0.25, 0.3) is 5.91 Å². The molecule has 2 fully saturated rings. The maximum absolute atomic E-state index is 15.8. The van der Waals surface area contributed by atoms with Crippen LogP contribution in [0.3, 0.4) is 0 Å². The third-order valence-corrected chi connectivity index (χ3v) is 8.09. The number of nitrogens with zero attached hydrogens (tertiary/aromatic N) is 5. The first-order chi connectivity index (χ1) is 18.7. The highest BCUT2D eigenvalue weighted by Crippen LogP contribution is 2.37. The lowest BCUT2D eigenvalue weighted by molar-refractivity contribution is 0.0421. The number of alkyl halides is 1. The molecule has 5 rings (SSSR count). The number of amides is 1. The Bertz CT molecular complexity index is 1480. The van der Waals surface area contributed by atoms with Crippen molar-refractivity contribution in [1.82, 2.24) is 9.88 Å². The number of benzene rings is 2. The van der Waals surface area contributed by atoms with Gasteiger partial charge in [0, 0.05) is 62.6 Å². The minimum absolute atomic E-state index is 0.0800. The van der Waals surface area contributed by atoms with E-state index in [0.29, 0.717) is 29.8 Å². The predicted molar refractivity (Wildman–Crippen MR) is 153 cm³/mol. The number of carbonyl (C=O) groups excluding carboxylic acids is 1. The van der Waals surface area contributed by atoms with Gasteiger partial charge in [0.2, 0.25) is 0 Å². The van der Waals surface area contributed by atoms with Crippen LogP contribution < -0.4 is 4.90 Å². The average Bonchev–Trinajstić information content (AvgIpc) is 2.89. The molecule has 2 aliphatic heterocycles. The van der Waals surface area contributed by atoms with Gasteiger partial charge >= 0.3 is 0 Å². The monoisotopic (exact) mass is 523 g/mol. The molecule has 6 nitrogen and oxygen atoms in total. The van der Waals surface area contributed by atoms with Crippen molar-refractivity contribution in [3.63, 3.8) is 0 Å². The van der Waals surface area contributed by atoms with Gasteiger partial charge in [0.1, 0.15) is 11.5 Å². The van der Waals surface area contributed by atoms with E-state index in [-0.39, 0.29) is 18.7 Å². The van der Waals surface area contributed by atoms with E-state index in [1.54, 1.807) is 29.2 Å². The van der Waals surface area contributed by atoms with Gasteiger partial charge in [-0.1, -0.05) is 18.2 Å². The Hall–Kier alpha value is -4.05. The zero-order chi connectivity index (χ0) is 27.7. The molecule has 1 amide bonds. The summed E-state index contributed by atoms with van der Waals surface area (Å²) in [5.74, 6) is 0.869. The summed E-state index contributed by atoms with van der Waals surface area (Å²) in [5.41, 5.74) is 5.82. The van der Waals surface area contributed by atoms with Crippen LogP contribution in [0.1, 0.15) is 69.9 Å². The van der Waals surface area contributed by atoms with Crippen molar-refractivity contribution in [3.8, 4) is 6.07 Å². The number of hydrogen-bond acceptors (Lipinski definition) is 5. The molecule has 0 atom stereocenters. The SMILES string of the molecule is C/C(=N\c1cc(N2CCC2)ncc1C)c1cc(C(=O)N2CCC(F)(c3ccc(C#N)cc3)CC2)c(C)cc1C. The molecule has 0 N–H and O–H groups in total. The minimum Gasteiger partial charge on any atom is -0.356 e. The topological polar surface area (TPSA) is 72.6 Å². The summed E-state index contributed by atoms with van der Waals surface area (Å²) in [4.78, 5) is 27.1. The number of likely N-dealkylation sites (tertiary alicyclic amines) is 1. The van der Waals surface area contributed by atoms with Gasteiger partial charge in [-0.3, -0.25) is 9.79 Å². The second-order valence-corrected chi connectivity index (χ2v) is 10.8. The molecule has 200 valence electrons. The van der Waals surface area contributed by atoms with Crippen molar-refractivity contribution in [2.45, 2.75) is 52.6 Å². The molecule has 0 spiro atoms. The van der Waals surface area contributed by atoms with E-state index in [4.69, 9.17) is 10.3 Å². The summed E-state index contributed by atoms with van der Waals surface area (Å²) < 4.78 is 15.8. The van der Waals surface area contributed by atoms with Crippen molar-refractivity contribution in [2.24, 2.45) is 4.99 Å². The number of hydrogen-bond donors (Lipinski definition) is 0. The Kier molecular flexibility index (Phi) is 7.22. The molecule has 3 heterocycles. The van der Waals surface area contributed by atoms with Crippen molar-refractivity contribution >= 4 is 23.1 Å². The lowest BCUT2D eigenvalue weighted by atomic mass is 9.85. The smallest absolute Gasteiger partial charge is 0.254 e. The standard InChI is InChI=1S/C32H34FN5O/c1-21-16-22(2)28(17-27(21)24(4)36-29-18-30(35-20-23(29)3)37-12-5-13-37)31(39)38-14-10-32(33,11-15-38)26-8-6-25(19-34)7-9-26/h6-9,16-18,20H,5,10-15H2,1-4H3/b36-24+. The summed E-state index contributed by atoms with van der Waals surface area (Å²) >= 11 is 0. The molecule has 3 aromatic rings. The number of anilines is 1. The first-order valence-corrected chi connectivity index (χ1v) is 13.6. The highest BCUT2D eigenvalue weighted by atomic mass is 19.1. The van der Waals surface area contributed by atoms with Crippen molar-refractivity contribution < 1.29 is 9.18 Å². The van der Waals surface area contributed by atoms with Gasteiger partial charge in [-0.05, 0) is 80.1 Å². The van der Waals surface area contributed by atoms with Gasteiger partial charge < -0.3 is 9.80 Å². The quantitative estimate of drug-likeness (QED) is 0.366. The molecule has 0 bridgehead atoms. The van der Waals surface area contributed by atoms with Crippen LogP contribution in [0.2, 0.25) is 0 Å². The normalized spacial score (nSPS) is 17.0. The zero-order valence-corrected chi connectivity index (χ0v) is 23.1. The predicted octanol–water partition coefficient (Wildman–Crippen LogP) is 6.33. The molecule has 0 saturated carbocycles. The first-order valence-electron chi connectivity index (χ1n) is 13.6. The van der Waals surface area contributed by atoms with E-state index in [9.17, 15) is 4.79 Å². The van der Waals surface area contributed by atoms with Gasteiger partial charge in [-0.15, -0.1) is 0 Å². The third-order valence-electron chi connectivity index (χ3n) is 8.09. The van der Waals surface area contributed by atoms with E-state index in [2.05, 4.69) is 16.0 Å². The molecule has 0 unspecified atom stereocenters. The molecular formula is C32H34FN5O. The number of nitriles is 1. The number of aliphatic imine (C=N–C) groups is 1. The summed E-state index contributed by atoms with van der Waals surface area (Å²) in [7, 11) is 0. The fourth-order valence-electron chi connectivity index (χ4n) is 5.42. The van der Waals surface area contributed by atoms with Crippen LogP contribution in [-0.4, -0.2) is 47.7 Å². The molecule has 0 aliphatic carbocycles. The Morgan fingerprint density at radius 3 is 2.26 bits per heavy atom. The number of rotatable bonds is 5. The molecular weight excluding hydrogens is 489 g/mol. The zero-order valence-electron chi connectivity index (χ0n) is 23.1. The van der Waals surface area contributed by atoms with Crippen molar-refractivity contribution in [3.05, 3.63) is 87.6 Å². The molecule has 7 heteroatoms. The van der Waals surface area contributed by atoms with Crippen LogP contribution in [-0.2, 0) is 5.67 Å². The Morgan fingerprint density at radius 2 is 1.64 bits per heavy atom.